The number of rotatable bonds is 4. The van der Waals surface area contributed by atoms with Gasteiger partial charge in [-0.25, -0.2) is 0 Å². The van der Waals surface area contributed by atoms with E-state index in [1.807, 2.05) is 6.92 Å². The number of carbonyl (C=O) groups is 2. The second-order valence-electron chi connectivity index (χ2n) is 5.62. The SMILES string of the molecule is Cc1cc(Cl)ccc1NC(=O)c1cncc(C(=O)NC2CC2)c1. The molecule has 2 amide bonds. The maximum absolute atomic E-state index is 12.3. The minimum absolute atomic E-state index is 0.197. The molecule has 1 aliphatic rings. The van der Waals surface area contributed by atoms with Crippen LogP contribution in [-0.2, 0) is 0 Å². The first-order valence-electron chi connectivity index (χ1n) is 7.36. The normalized spacial score (nSPS) is 13.5. The molecule has 2 N–H and O–H groups in total. The molecule has 0 bridgehead atoms. The van der Waals surface area contributed by atoms with Crippen LogP contribution in [-0.4, -0.2) is 22.8 Å². The molecule has 23 heavy (non-hydrogen) atoms. The Hall–Kier alpha value is -2.40. The minimum Gasteiger partial charge on any atom is -0.349 e. The van der Waals surface area contributed by atoms with E-state index < -0.39 is 0 Å². The number of nitrogens with one attached hydrogen (secondary N) is 2. The van der Waals surface area contributed by atoms with E-state index in [2.05, 4.69) is 15.6 Å². The molecule has 0 unspecified atom stereocenters. The van der Waals surface area contributed by atoms with Gasteiger partial charge in [0.25, 0.3) is 11.8 Å². The second kappa shape index (κ2) is 6.38. The molecule has 1 heterocycles. The topological polar surface area (TPSA) is 71.1 Å². The Balaban J connectivity index is 1.75. The molecule has 118 valence electrons. The summed E-state index contributed by atoms with van der Waals surface area (Å²) in [5.74, 6) is -0.513. The molecule has 1 aromatic carbocycles. The summed E-state index contributed by atoms with van der Waals surface area (Å²) in [6, 6.07) is 7.03. The summed E-state index contributed by atoms with van der Waals surface area (Å²) in [4.78, 5) is 28.4. The molecule has 0 atom stereocenters. The molecule has 0 aliphatic heterocycles. The van der Waals surface area contributed by atoms with Crippen molar-refractivity contribution in [3.8, 4) is 0 Å². The van der Waals surface area contributed by atoms with Gasteiger partial charge in [0.1, 0.15) is 0 Å². The zero-order chi connectivity index (χ0) is 16.4. The first kappa shape index (κ1) is 15.5. The maximum Gasteiger partial charge on any atom is 0.257 e. The molecule has 1 aliphatic carbocycles. The predicted molar refractivity (Wildman–Crippen MR) is 88.9 cm³/mol. The van der Waals surface area contributed by atoms with Crippen LogP contribution in [0.5, 0.6) is 0 Å². The standard InChI is InChI=1S/C17H16ClN3O2/c1-10-6-13(18)2-5-15(10)21-17(23)12-7-11(8-19-9-12)16(22)20-14-3-4-14/h2,5-9,14H,3-4H2,1H3,(H,20,22)(H,21,23). The molecule has 0 spiro atoms. The number of anilines is 1. The van der Waals surface area contributed by atoms with Gasteiger partial charge >= 0.3 is 0 Å². The van der Waals surface area contributed by atoms with Gasteiger partial charge in [-0.3, -0.25) is 14.6 Å². The van der Waals surface area contributed by atoms with Crippen LogP contribution in [0, 0.1) is 6.92 Å². The van der Waals surface area contributed by atoms with Gasteiger partial charge in [-0.05, 0) is 49.6 Å². The molecule has 6 heteroatoms. The number of halogens is 1. The van der Waals surface area contributed by atoms with Crippen LogP contribution < -0.4 is 10.6 Å². The van der Waals surface area contributed by atoms with E-state index in [-0.39, 0.29) is 17.9 Å². The molecule has 1 saturated carbocycles. The van der Waals surface area contributed by atoms with E-state index in [0.717, 1.165) is 18.4 Å². The molecule has 1 fully saturated rings. The van der Waals surface area contributed by atoms with Gasteiger partial charge < -0.3 is 10.6 Å². The number of hydrogen-bond donors (Lipinski definition) is 2. The summed E-state index contributed by atoms with van der Waals surface area (Å²) < 4.78 is 0. The lowest BCUT2D eigenvalue weighted by molar-refractivity contribution is 0.0950. The lowest BCUT2D eigenvalue weighted by Gasteiger charge is -2.09. The highest BCUT2D eigenvalue weighted by Gasteiger charge is 2.24. The van der Waals surface area contributed by atoms with Crippen LogP contribution in [0.2, 0.25) is 5.02 Å². The number of aryl methyl sites for hydroxylation is 1. The largest absolute Gasteiger partial charge is 0.349 e. The Morgan fingerprint density at radius 3 is 2.48 bits per heavy atom. The van der Waals surface area contributed by atoms with Crippen molar-refractivity contribution in [3.05, 3.63) is 58.4 Å². The predicted octanol–water partition coefficient (Wildman–Crippen LogP) is 3.19. The Bertz CT molecular complexity index is 772. The highest BCUT2D eigenvalue weighted by molar-refractivity contribution is 6.30. The Morgan fingerprint density at radius 1 is 1.13 bits per heavy atom. The lowest BCUT2D eigenvalue weighted by Crippen LogP contribution is -2.26. The molecule has 0 saturated heterocycles. The molecular formula is C17H16ClN3O2. The Morgan fingerprint density at radius 2 is 1.83 bits per heavy atom. The summed E-state index contributed by atoms with van der Waals surface area (Å²) in [6.07, 6.45) is 4.92. The summed E-state index contributed by atoms with van der Waals surface area (Å²) in [6.45, 7) is 1.86. The van der Waals surface area contributed by atoms with Crippen molar-refractivity contribution < 1.29 is 9.59 Å². The number of hydrogen-bond acceptors (Lipinski definition) is 3. The van der Waals surface area contributed by atoms with Gasteiger partial charge in [-0.1, -0.05) is 11.6 Å². The summed E-state index contributed by atoms with van der Waals surface area (Å²) in [5, 5.41) is 6.29. The molecule has 1 aromatic heterocycles. The van der Waals surface area contributed by atoms with Gasteiger partial charge in [-0.2, -0.15) is 0 Å². The lowest BCUT2D eigenvalue weighted by atomic mass is 10.1. The van der Waals surface area contributed by atoms with Crippen LogP contribution in [0.3, 0.4) is 0 Å². The Labute approximate surface area is 139 Å². The first-order valence-corrected chi connectivity index (χ1v) is 7.74. The van der Waals surface area contributed by atoms with E-state index in [1.54, 1.807) is 24.3 Å². The van der Waals surface area contributed by atoms with Crippen LogP contribution in [0.1, 0.15) is 39.1 Å². The van der Waals surface area contributed by atoms with Gasteiger partial charge in [0.2, 0.25) is 0 Å². The van der Waals surface area contributed by atoms with E-state index in [1.165, 1.54) is 12.4 Å². The third kappa shape index (κ3) is 3.87. The number of aromatic nitrogens is 1. The van der Waals surface area contributed by atoms with Gasteiger partial charge in [0.05, 0.1) is 11.1 Å². The number of nitrogens with zero attached hydrogens (tertiary/aromatic N) is 1. The van der Waals surface area contributed by atoms with E-state index in [4.69, 9.17) is 11.6 Å². The highest BCUT2D eigenvalue weighted by Crippen LogP contribution is 2.21. The van der Waals surface area contributed by atoms with Crippen molar-refractivity contribution in [3.63, 3.8) is 0 Å². The van der Waals surface area contributed by atoms with Crippen molar-refractivity contribution >= 4 is 29.1 Å². The van der Waals surface area contributed by atoms with Gasteiger partial charge in [0, 0.05) is 29.1 Å². The van der Waals surface area contributed by atoms with E-state index >= 15 is 0 Å². The van der Waals surface area contributed by atoms with Crippen molar-refractivity contribution in [2.45, 2.75) is 25.8 Å². The zero-order valence-electron chi connectivity index (χ0n) is 12.6. The fourth-order valence-electron chi connectivity index (χ4n) is 2.15. The molecule has 3 rings (SSSR count). The van der Waals surface area contributed by atoms with Crippen molar-refractivity contribution in [1.82, 2.24) is 10.3 Å². The average molecular weight is 330 g/mol. The smallest absolute Gasteiger partial charge is 0.257 e. The van der Waals surface area contributed by atoms with Crippen molar-refractivity contribution in [1.29, 1.82) is 0 Å². The molecule has 0 radical (unpaired) electrons. The number of pyridine rings is 1. The van der Waals surface area contributed by atoms with Crippen molar-refractivity contribution in [2.75, 3.05) is 5.32 Å². The fraction of sp³-hybridized carbons (Fsp3) is 0.235. The monoisotopic (exact) mass is 329 g/mol. The first-order chi connectivity index (χ1) is 11.0. The molecular weight excluding hydrogens is 314 g/mol. The number of amides is 2. The summed E-state index contributed by atoms with van der Waals surface area (Å²) in [7, 11) is 0. The zero-order valence-corrected chi connectivity index (χ0v) is 13.4. The van der Waals surface area contributed by atoms with E-state index in [9.17, 15) is 9.59 Å². The molecule has 2 aromatic rings. The average Bonchev–Trinajstić information content (AvgIpc) is 3.34. The highest BCUT2D eigenvalue weighted by atomic mass is 35.5. The minimum atomic E-state index is -0.316. The summed E-state index contributed by atoms with van der Waals surface area (Å²) in [5.41, 5.74) is 2.26. The number of benzene rings is 1. The maximum atomic E-state index is 12.3. The van der Waals surface area contributed by atoms with Crippen LogP contribution >= 0.6 is 11.6 Å². The number of carbonyl (C=O) groups excluding carboxylic acids is 2. The quantitative estimate of drug-likeness (QED) is 0.905. The van der Waals surface area contributed by atoms with Crippen LogP contribution in [0.4, 0.5) is 5.69 Å². The fourth-order valence-corrected chi connectivity index (χ4v) is 2.37. The van der Waals surface area contributed by atoms with Crippen molar-refractivity contribution in [2.24, 2.45) is 0 Å². The van der Waals surface area contributed by atoms with E-state index in [0.29, 0.717) is 21.8 Å². The van der Waals surface area contributed by atoms with Crippen LogP contribution in [0.25, 0.3) is 0 Å². The van der Waals surface area contributed by atoms with Gasteiger partial charge in [0.15, 0.2) is 0 Å². The Kier molecular flexibility index (Phi) is 4.30. The third-order valence-electron chi connectivity index (χ3n) is 3.61. The second-order valence-corrected chi connectivity index (χ2v) is 6.06. The van der Waals surface area contributed by atoms with Gasteiger partial charge in [-0.15, -0.1) is 0 Å². The molecule has 5 nitrogen and oxygen atoms in total. The summed E-state index contributed by atoms with van der Waals surface area (Å²) >= 11 is 5.91. The van der Waals surface area contributed by atoms with Crippen LogP contribution in [0.15, 0.2) is 36.7 Å². The third-order valence-corrected chi connectivity index (χ3v) is 3.85.